The van der Waals surface area contributed by atoms with E-state index in [2.05, 4.69) is 4.99 Å². The van der Waals surface area contributed by atoms with Gasteiger partial charge in [-0.05, 0) is 54.1 Å². The Labute approximate surface area is 151 Å². The van der Waals surface area contributed by atoms with E-state index < -0.39 is 34.9 Å². The van der Waals surface area contributed by atoms with E-state index in [0.29, 0.717) is 0 Å². The summed E-state index contributed by atoms with van der Waals surface area (Å²) in [5.74, 6) is -5.15. The number of aromatic hydroxyl groups is 1. The molecule has 0 bridgehead atoms. The molecule has 27 heavy (non-hydrogen) atoms. The summed E-state index contributed by atoms with van der Waals surface area (Å²) in [4.78, 5) is 17.4. The van der Waals surface area contributed by atoms with Gasteiger partial charge in [0, 0.05) is 12.6 Å². The van der Waals surface area contributed by atoms with E-state index in [4.69, 9.17) is 5.11 Å². The van der Waals surface area contributed by atoms with Crippen LogP contribution in [0.1, 0.15) is 11.1 Å². The largest absolute Gasteiger partial charge is 0.503 e. The summed E-state index contributed by atoms with van der Waals surface area (Å²) in [5, 5.41) is 9.11. The van der Waals surface area contributed by atoms with E-state index in [0.717, 1.165) is 41.3 Å². The minimum Gasteiger partial charge on any atom is -0.503 e. The number of carbonyl (C=O) groups excluding carboxylic acids is 1. The van der Waals surface area contributed by atoms with Crippen LogP contribution in [0.2, 0.25) is 0 Å². The van der Waals surface area contributed by atoms with Crippen molar-refractivity contribution in [2.75, 3.05) is 7.05 Å². The number of nitrogens with zero attached hydrogens (tertiary/aromatic N) is 2. The molecule has 1 aliphatic rings. The van der Waals surface area contributed by atoms with Crippen molar-refractivity contribution in [1.82, 2.24) is 4.90 Å². The van der Waals surface area contributed by atoms with Crippen LogP contribution in [0.25, 0.3) is 12.2 Å². The van der Waals surface area contributed by atoms with Gasteiger partial charge in [0.05, 0.1) is 0 Å². The van der Waals surface area contributed by atoms with Gasteiger partial charge in [-0.3, -0.25) is 9.69 Å². The van der Waals surface area contributed by atoms with Gasteiger partial charge in [0.1, 0.15) is 23.2 Å². The normalized spacial score (nSPS) is 15.9. The molecule has 0 radical (unpaired) electrons. The van der Waals surface area contributed by atoms with E-state index >= 15 is 0 Å². The molecule has 2 aromatic carbocycles. The van der Waals surface area contributed by atoms with Crippen LogP contribution in [-0.2, 0) is 4.79 Å². The van der Waals surface area contributed by atoms with Crippen molar-refractivity contribution in [2.45, 2.75) is 0 Å². The maximum Gasteiger partial charge on any atom is 0.277 e. The molecule has 2 aromatic rings. The Morgan fingerprint density at radius 1 is 1.00 bits per heavy atom. The van der Waals surface area contributed by atoms with Crippen LogP contribution in [0.3, 0.4) is 0 Å². The minimum atomic E-state index is -1.17. The standard InChI is InChI=1S/C19H12F4N2O2/c1-25-17(5-2-11-9-12(20)3-4-13(11)21)24-16(19(25)27)8-10-6-14(22)18(26)15(23)7-10/h2-9,26H,1H3/b5-2+,16-8-. The highest BCUT2D eigenvalue weighted by molar-refractivity contribution is 6.18. The molecule has 0 saturated heterocycles. The predicted octanol–water partition coefficient (Wildman–Crippen LogP) is 3.87. The van der Waals surface area contributed by atoms with Crippen LogP contribution < -0.4 is 0 Å². The highest BCUT2D eigenvalue weighted by Crippen LogP contribution is 2.24. The van der Waals surface area contributed by atoms with Gasteiger partial charge in [0.25, 0.3) is 5.91 Å². The first kappa shape index (κ1) is 18.4. The zero-order valence-electron chi connectivity index (χ0n) is 13.9. The van der Waals surface area contributed by atoms with Gasteiger partial charge in [0.2, 0.25) is 0 Å². The number of halogens is 4. The second-order valence-electron chi connectivity index (χ2n) is 5.70. The number of rotatable bonds is 3. The van der Waals surface area contributed by atoms with Crippen LogP contribution >= 0.6 is 0 Å². The maximum atomic E-state index is 13.6. The van der Waals surface area contributed by atoms with Gasteiger partial charge in [-0.25, -0.2) is 22.6 Å². The highest BCUT2D eigenvalue weighted by Gasteiger charge is 2.25. The van der Waals surface area contributed by atoms with Gasteiger partial charge < -0.3 is 5.11 Å². The Balaban J connectivity index is 1.93. The molecule has 138 valence electrons. The van der Waals surface area contributed by atoms with E-state index in [-0.39, 0.29) is 22.7 Å². The summed E-state index contributed by atoms with van der Waals surface area (Å²) in [7, 11) is 1.41. The fourth-order valence-corrected chi connectivity index (χ4v) is 2.40. The Hall–Kier alpha value is -3.42. The molecule has 1 amide bonds. The third-order valence-corrected chi connectivity index (χ3v) is 3.82. The van der Waals surface area contributed by atoms with Crippen LogP contribution in [0.15, 0.2) is 47.1 Å². The Morgan fingerprint density at radius 3 is 2.33 bits per heavy atom. The number of likely N-dealkylation sites (N-methyl/N-ethyl adjacent to an activating group) is 1. The highest BCUT2D eigenvalue weighted by atomic mass is 19.1. The molecule has 0 atom stereocenters. The van der Waals surface area contributed by atoms with Crippen molar-refractivity contribution in [3.8, 4) is 5.75 Å². The fraction of sp³-hybridized carbons (Fsp3) is 0.0526. The minimum absolute atomic E-state index is 0.00953. The number of phenols is 1. The first-order valence-corrected chi connectivity index (χ1v) is 7.66. The average Bonchev–Trinajstić information content (AvgIpc) is 2.88. The second kappa shape index (κ2) is 7.06. The van der Waals surface area contributed by atoms with Crippen LogP contribution in [0.4, 0.5) is 17.6 Å². The molecule has 0 spiro atoms. The number of benzene rings is 2. The molecule has 3 rings (SSSR count). The topological polar surface area (TPSA) is 52.9 Å². The van der Waals surface area contributed by atoms with Gasteiger partial charge in [0.15, 0.2) is 17.4 Å². The van der Waals surface area contributed by atoms with Gasteiger partial charge in [-0.1, -0.05) is 0 Å². The van der Waals surface area contributed by atoms with E-state index in [1.165, 1.54) is 19.2 Å². The van der Waals surface area contributed by atoms with Crippen molar-refractivity contribution in [2.24, 2.45) is 4.99 Å². The zero-order valence-corrected chi connectivity index (χ0v) is 13.9. The number of phenolic OH excluding ortho intramolecular Hbond substituents is 1. The molecular formula is C19H12F4N2O2. The zero-order chi connectivity index (χ0) is 19.7. The molecule has 0 fully saturated rings. The second-order valence-corrected chi connectivity index (χ2v) is 5.70. The molecule has 0 aliphatic carbocycles. The third-order valence-electron chi connectivity index (χ3n) is 3.82. The molecule has 1 aliphatic heterocycles. The number of hydrogen-bond acceptors (Lipinski definition) is 3. The summed E-state index contributed by atoms with van der Waals surface area (Å²) in [5.41, 5.74) is -0.148. The van der Waals surface area contributed by atoms with Crippen molar-refractivity contribution >= 4 is 23.9 Å². The molecule has 1 heterocycles. The lowest BCUT2D eigenvalue weighted by atomic mass is 10.1. The summed E-state index contributed by atoms with van der Waals surface area (Å²) >= 11 is 0. The summed E-state index contributed by atoms with van der Waals surface area (Å²) in [6, 6.07) is 4.64. The quantitative estimate of drug-likeness (QED) is 0.653. The number of hydrogen-bond donors (Lipinski definition) is 1. The maximum absolute atomic E-state index is 13.6. The molecule has 0 unspecified atom stereocenters. The van der Waals surface area contributed by atoms with Gasteiger partial charge >= 0.3 is 0 Å². The number of carbonyl (C=O) groups is 1. The van der Waals surface area contributed by atoms with Crippen molar-refractivity contribution in [3.05, 3.63) is 76.5 Å². The third kappa shape index (κ3) is 3.74. The van der Waals surface area contributed by atoms with E-state index in [9.17, 15) is 22.4 Å². The van der Waals surface area contributed by atoms with Crippen LogP contribution in [0.5, 0.6) is 5.75 Å². The molecule has 0 saturated carbocycles. The lowest BCUT2D eigenvalue weighted by Crippen LogP contribution is -2.26. The van der Waals surface area contributed by atoms with Crippen molar-refractivity contribution < 1.29 is 27.5 Å². The van der Waals surface area contributed by atoms with Crippen molar-refractivity contribution in [1.29, 1.82) is 0 Å². The number of aliphatic imine (C=N–C) groups is 1. The Kier molecular flexibility index (Phi) is 4.81. The lowest BCUT2D eigenvalue weighted by Gasteiger charge is -2.07. The van der Waals surface area contributed by atoms with Crippen LogP contribution in [0, 0.1) is 23.3 Å². The summed E-state index contributed by atoms with van der Waals surface area (Å²) in [6.45, 7) is 0. The smallest absolute Gasteiger partial charge is 0.277 e. The van der Waals surface area contributed by atoms with Crippen molar-refractivity contribution in [3.63, 3.8) is 0 Å². The first-order chi connectivity index (χ1) is 12.8. The molecule has 4 nitrogen and oxygen atoms in total. The van der Waals surface area contributed by atoms with Gasteiger partial charge in [-0.15, -0.1) is 0 Å². The first-order valence-electron chi connectivity index (χ1n) is 7.66. The molecule has 0 aromatic heterocycles. The molecular weight excluding hydrogens is 364 g/mol. The van der Waals surface area contributed by atoms with Crippen LogP contribution in [-0.4, -0.2) is 28.8 Å². The van der Waals surface area contributed by atoms with Gasteiger partial charge in [-0.2, -0.15) is 0 Å². The Bertz CT molecular complexity index is 1010. The summed E-state index contributed by atoms with van der Waals surface area (Å²) in [6.07, 6.45) is 3.71. The SMILES string of the molecule is CN1C(=O)/C(=C/c2cc(F)c(O)c(F)c2)N=C1/C=C/c1cc(F)ccc1F. The number of amides is 1. The number of amidine groups is 1. The molecule has 1 N–H and O–H groups in total. The predicted molar refractivity (Wildman–Crippen MR) is 91.6 cm³/mol. The van der Waals surface area contributed by atoms with E-state index in [1.807, 2.05) is 0 Å². The average molecular weight is 376 g/mol. The van der Waals surface area contributed by atoms with E-state index in [1.54, 1.807) is 0 Å². The Morgan fingerprint density at radius 2 is 1.67 bits per heavy atom. The summed E-state index contributed by atoms with van der Waals surface area (Å²) < 4.78 is 53.7. The lowest BCUT2D eigenvalue weighted by molar-refractivity contribution is -0.121. The fourth-order valence-electron chi connectivity index (χ4n) is 2.40. The molecule has 8 heteroatoms. The monoisotopic (exact) mass is 376 g/mol.